The van der Waals surface area contributed by atoms with Crippen LogP contribution in [-0.4, -0.2) is 32.8 Å². The van der Waals surface area contributed by atoms with Crippen LogP contribution >= 0.6 is 11.8 Å². The fourth-order valence-corrected chi connectivity index (χ4v) is 4.00. The van der Waals surface area contributed by atoms with E-state index in [0.29, 0.717) is 0 Å². The Hall–Kier alpha value is -1.33. The predicted molar refractivity (Wildman–Crippen MR) is 80.0 cm³/mol. The third-order valence-electron chi connectivity index (χ3n) is 4.07. The number of rotatable bonds is 2. The van der Waals surface area contributed by atoms with Gasteiger partial charge in [0.25, 0.3) is 0 Å². The predicted octanol–water partition coefficient (Wildman–Crippen LogP) is 2.86. The first kappa shape index (κ1) is 12.4. The van der Waals surface area contributed by atoms with Crippen molar-refractivity contribution >= 4 is 11.8 Å². The molecule has 0 aliphatic carbocycles. The molecule has 0 atom stereocenters. The molecule has 0 saturated carbocycles. The lowest BCUT2D eigenvalue weighted by atomic mass is 10.1. The molecule has 2 aliphatic rings. The van der Waals surface area contributed by atoms with Crippen molar-refractivity contribution in [2.75, 3.05) is 13.1 Å². The van der Waals surface area contributed by atoms with Crippen molar-refractivity contribution in [2.45, 2.75) is 36.5 Å². The van der Waals surface area contributed by atoms with Crippen LogP contribution < -0.4 is 0 Å². The second-order valence-electron chi connectivity index (χ2n) is 5.46. The number of benzene rings is 1. The molecule has 0 radical (unpaired) electrons. The molecule has 0 unspecified atom stereocenters. The van der Waals surface area contributed by atoms with E-state index in [-0.39, 0.29) is 0 Å². The number of para-hydroxylation sites is 1. The number of aromatic nitrogens is 3. The van der Waals surface area contributed by atoms with Crippen LogP contribution in [0.3, 0.4) is 0 Å². The number of nitrogens with zero attached hydrogens (tertiary/aromatic N) is 4. The van der Waals surface area contributed by atoms with Crippen LogP contribution in [-0.2, 0) is 12.3 Å². The van der Waals surface area contributed by atoms with E-state index in [1.54, 1.807) is 0 Å². The van der Waals surface area contributed by atoms with E-state index in [1.807, 2.05) is 11.8 Å². The van der Waals surface area contributed by atoms with Crippen LogP contribution in [0.4, 0.5) is 0 Å². The molecule has 1 aromatic heterocycles. The van der Waals surface area contributed by atoms with Gasteiger partial charge in [-0.1, -0.05) is 18.6 Å². The molecule has 0 amide bonds. The van der Waals surface area contributed by atoms with Crippen molar-refractivity contribution in [2.24, 2.45) is 0 Å². The lowest BCUT2D eigenvalue weighted by Gasteiger charge is -2.26. The van der Waals surface area contributed by atoms with Gasteiger partial charge < -0.3 is 0 Å². The topological polar surface area (TPSA) is 34.0 Å². The number of likely N-dealkylation sites (tertiary alicyclic amines) is 1. The van der Waals surface area contributed by atoms with Gasteiger partial charge in [0.05, 0.1) is 18.0 Å². The molecule has 2 aromatic rings. The maximum Gasteiger partial charge on any atom is 0.151 e. The van der Waals surface area contributed by atoms with Gasteiger partial charge in [-0.05, 0) is 38.1 Å². The Balaban J connectivity index is 1.68. The Morgan fingerprint density at radius 2 is 1.90 bits per heavy atom. The highest BCUT2D eigenvalue weighted by atomic mass is 32.2. The lowest BCUT2D eigenvalue weighted by molar-refractivity contribution is 0.214. The smallest absolute Gasteiger partial charge is 0.151 e. The van der Waals surface area contributed by atoms with E-state index in [9.17, 15) is 0 Å². The van der Waals surface area contributed by atoms with E-state index < -0.39 is 0 Å². The quantitative estimate of drug-likeness (QED) is 0.850. The molecule has 4 rings (SSSR count). The number of hydrogen-bond acceptors (Lipinski definition) is 4. The highest BCUT2D eigenvalue weighted by molar-refractivity contribution is 7.98. The third-order valence-corrected chi connectivity index (χ3v) is 5.13. The van der Waals surface area contributed by atoms with Gasteiger partial charge in [-0.15, -0.1) is 22.0 Å². The number of hydrogen-bond donors (Lipinski definition) is 0. The zero-order chi connectivity index (χ0) is 13.4. The monoisotopic (exact) mass is 286 g/mol. The Morgan fingerprint density at radius 3 is 2.80 bits per heavy atom. The van der Waals surface area contributed by atoms with Gasteiger partial charge in [-0.25, -0.2) is 0 Å². The van der Waals surface area contributed by atoms with Gasteiger partial charge in [-0.2, -0.15) is 0 Å². The zero-order valence-electron chi connectivity index (χ0n) is 11.5. The van der Waals surface area contributed by atoms with Gasteiger partial charge in [0.15, 0.2) is 5.82 Å². The largest absolute Gasteiger partial charge is 0.296 e. The summed E-state index contributed by atoms with van der Waals surface area (Å²) in [7, 11) is 0. The van der Waals surface area contributed by atoms with E-state index >= 15 is 0 Å². The van der Waals surface area contributed by atoms with E-state index in [4.69, 9.17) is 0 Å². The summed E-state index contributed by atoms with van der Waals surface area (Å²) in [6.07, 6.45) is 3.99. The molecule has 0 N–H and O–H groups in total. The van der Waals surface area contributed by atoms with Crippen molar-refractivity contribution < 1.29 is 0 Å². The van der Waals surface area contributed by atoms with Crippen LogP contribution in [0, 0.1) is 0 Å². The summed E-state index contributed by atoms with van der Waals surface area (Å²) >= 11 is 1.85. The Kier molecular flexibility index (Phi) is 3.24. The third kappa shape index (κ3) is 2.15. The fraction of sp³-hybridized carbons (Fsp3) is 0.467. The molecule has 1 saturated heterocycles. The Bertz CT molecular complexity index is 616. The standard InChI is InChI=1S/C15H18N4S/c1-4-8-18(9-5-1)10-14-16-17-15-11-20-13-7-3-2-6-12(13)19(14)15/h2-3,6-7H,1,4-5,8-11H2. The molecule has 5 heteroatoms. The maximum absolute atomic E-state index is 4.45. The van der Waals surface area contributed by atoms with E-state index in [2.05, 4.69) is 43.9 Å². The molecule has 2 aliphatic heterocycles. The van der Waals surface area contributed by atoms with Crippen LogP contribution in [0.15, 0.2) is 29.2 Å². The van der Waals surface area contributed by atoms with Crippen molar-refractivity contribution in [3.05, 3.63) is 35.9 Å². The van der Waals surface area contributed by atoms with Gasteiger partial charge in [-0.3, -0.25) is 9.47 Å². The molecule has 4 nitrogen and oxygen atoms in total. The van der Waals surface area contributed by atoms with Crippen molar-refractivity contribution in [3.63, 3.8) is 0 Å². The number of fused-ring (bicyclic) bond motifs is 3. The van der Waals surface area contributed by atoms with Crippen LogP contribution in [0.1, 0.15) is 30.9 Å². The van der Waals surface area contributed by atoms with E-state index in [1.165, 1.54) is 42.9 Å². The Morgan fingerprint density at radius 1 is 1.05 bits per heavy atom. The minimum absolute atomic E-state index is 0.921. The Labute approximate surface area is 123 Å². The minimum atomic E-state index is 0.921. The highest BCUT2D eigenvalue weighted by Gasteiger charge is 2.23. The number of thioether (sulfide) groups is 1. The SMILES string of the molecule is c1ccc2c(c1)SCc1nnc(CN3CCCCC3)n1-2. The second kappa shape index (κ2) is 5.22. The van der Waals surface area contributed by atoms with Crippen LogP contribution in [0.2, 0.25) is 0 Å². The zero-order valence-corrected chi connectivity index (χ0v) is 12.3. The number of piperidine rings is 1. The minimum Gasteiger partial charge on any atom is -0.296 e. The highest BCUT2D eigenvalue weighted by Crippen LogP contribution is 2.35. The second-order valence-corrected chi connectivity index (χ2v) is 6.48. The molecule has 0 bridgehead atoms. The van der Waals surface area contributed by atoms with E-state index in [0.717, 1.165) is 23.9 Å². The summed E-state index contributed by atoms with van der Waals surface area (Å²) in [4.78, 5) is 3.84. The summed E-state index contributed by atoms with van der Waals surface area (Å²) in [5.74, 6) is 3.10. The summed E-state index contributed by atoms with van der Waals surface area (Å²) in [5.41, 5.74) is 1.25. The van der Waals surface area contributed by atoms with Crippen LogP contribution in [0.5, 0.6) is 0 Å². The molecule has 0 spiro atoms. The van der Waals surface area contributed by atoms with Gasteiger partial charge >= 0.3 is 0 Å². The molecule has 3 heterocycles. The fourth-order valence-electron chi connectivity index (χ4n) is 3.05. The lowest BCUT2D eigenvalue weighted by Crippen LogP contribution is -2.30. The molecular weight excluding hydrogens is 268 g/mol. The summed E-state index contributed by atoms with van der Waals surface area (Å²) in [6.45, 7) is 3.31. The molecular formula is C15H18N4S. The maximum atomic E-state index is 4.45. The molecule has 104 valence electrons. The van der Waals surface area contributed by atoms with Gasteiger partial charge in [0, 0.05) is 4.90 Å². The van der Waals surface area contributed by atoms with Gasteiger partial charge in [0.1, 0.15) is 5.82 Å². The average molecular weight is 286 g/mol. The van der Waals surface area contributed by atoms with Crippen molar-refractivity contribution in [1.82, 2.24) is 19.7 Å². The molecule has 1 aromatic carbocycles. The first-order chi connectivity index (χ1) is 9.92. The van der Waals surface area contributed by atoms with Crippen molar-refractivity contribution in [1.29, 1.82) is 0 Å². The molecule has 20 heavy (non-hydrogen) atoms. The normalized spacial score (nSPS) is 18.6. The average Bonchev–Trinajstić information content (AvgIpc) is 2.92. The van der Waals surface area contributed by atoms with Gasteiger partial charge in [0.2, 0.25) is 0 Å². The molecule has 1 fully saturated rings. The van der Waals surface area contributed by atoms with Crippen molar-refractivity contribution in [3.8, 4) is 5.69 Å². The summed E-state index contributed by atoms with van der Waals surface area (Å²) in [5, 5.41) is 8.84. The summed E-state index contributed by atoms with van der Waals surface area (Å²) in [6, 6.07) is 8.56. The van der Waals surface area contributed by atoms with Crippen LogP contribution in [0.25, 0.3) is 5.69 Å². The first-order valence-electron chi connectivity index (χ1n) is 7.29. The summed E-state index contributed by atoms with van der Waals surface area (Å²) < 4.78 is 2.26. The first-order valence-corrected chi connectivity index (χ1v) is 8.28.